The van der Waals surface area contributed by atoms with Crippen LogP contribution in [0.2, 0.25) is 0 Å². The first-order valence-electron chi connectivity index (χ1n) is 5.65. The van der Waals surface area contributed by atoms with Crippen LogP contribution >= 0.6 is 11.6 Å². The molecule has 1 aliphatic heterocycles. The molecule has 0 bridgehead atoms. The van der Waals surface area contributed by atoms with Gasteiger partial charge in [0.05, 0.1) is 0 Å². The van der Waals surface area contributed by atoms with Gasteiger partial charge in [-0.25, -0.2) is 0 Å². The molecule has 13 heavy (non-hydrogen) atoms. The second-order valence-corrected chi connectivity index (χ2v) is 4.49. The number of hydrogen-bond acceptors (Lipinski definition) is 1. The summed E-state index contributed by atoms with van der Waals surface area (Å²) in [6.07, 6.45) is 6.61. The highest BCUT2D eigenvalue weighted by molar-refractivity contribution is 6.17. The summed E-state index contributed by atoms with van der Waals surface area (Å²) in [4.78, 5) is 2.61. The summed E-state index contributed by atoms with van der Waals surface area (Å²) in [5, 5.41) is 0. The fraction of sp³-hybridized carbons (Fsp3) is 1.00. The maximum Gasteiger partial charge on any atom is 0.0223 e. The lowest BCUT2D eigenvalue weighted by Gasteiger charge is -2.14. The molecule has 0 spiro atoms. The SMILES string of the molecule is CCC1CCN(CCCCCCl)C1. The van der Waals surface area contributed by atoms with E-state index in [1.54, 1.807) is 0 Å². The second kappa shape index (κ2) is 6.67. The lowest BCUT2D eigenvalue weighted by atomic mass is 10.1. The zero-order valence-electron chi connectivity index (χ0n) is 8.77. The van der Waals surface area contributed by atoms with Gasteiger partial charge < -0.3 is 4.90 Å². The van der Waals surface area contributed by atoms with E-state index in [0.29, 0.717) is 0 Å². The smallest absolute Gasteiger partial charge is 0.0223 e. The van der Waals surface area contributed by atoms with E-state index in [9.17, 15) is 0 Å². The molecule has 0 radical (unpaired) electrons. The maximum absolute atomic E-state index is 5.63. The summed E-state index contributed by atoms with van der Waals surface area (Å²) < 4.78 is 0. The zero-order chi connectivity index (χ0) is 9.52. The number of halogens is 1. The lowest BCUT2D eigenvalue weighted by molar-refractivity contribution is 0.315. The van der Waals surface area contributed by atoms with Gasteiger partial charge in [-0.2, -0.15) is 0 Å². The Hall–Kier alpha value is 0.250. The normalized spacial score (nSPS) is 24.0. The van der Waals surface area contributed by atoms with E-state index in [-0.39, 0.29) is 0 Å². The quantitative estimate of drug-likeness (QED) is 0.474. The molecule has 1 unspecified atom stereocenters. The van der Waals surface area contributed by atoms with Gasteiger partial charge >= 0.3 is 0 Å². The predicted octanol–water partition coefficient (Wildman–Crippen LogP) is 3.13. The van der Waals surface area contributed by atoms with E-state index >= 15 is 0 Å². The number of alkyl halides is 1. The van der Waals surface area contributed by atoms with Gasteiger partial charge in [0.1, 0.15) is 0 Å². The van der Waals surface area contributed by atoms with E-state index < -0.39 is 0 Å². The third kappa shape index (κ3) is 4.33. The minimum absolute atomic E-state index is 0.831. The first-order valence-corrected chi connectivity index (χ1v) is 6.18. The number of likely N-dealkylation sites (tertiary alicyclic amines) is 1. The second-order valence-electron chi connectivity index (χ2n) is 4.11. The molecule has 1 nitrogen and oxygen atoms in total. The molecule has 0 aromatic carbocycles. The van der Waals surface area contributed by atoms with Crippen molar-refractivity contribution in [3.63, 3.8) is 0 Å². The van der Waals surface area contributed by atoms with Crippen LogP contribution in [-0.4, -0.2) is 30.4 Å². The summed E-state index contributed by atoms with van der Waals surface area (Å²) >= 11 is 5.63. The number of unbranched alkanes of at least 4 members (excludes halogenated alkanes) is 2. The van der Waals surface area contributed by atoms with Crippen LogP contribution in [0.5, 0.6) is 0 Å². The molecule has 1 atom stereocenters. The summed E-state index contributed by atoms with van der Waals surface area (Å²) in [6.45, 7) is 6.28. The first kappa shape index (κ1) is 11.3. The fourth-order valence-corrected chi connectivity index (χ4v) is 2.24. The summed E-state index contributed by atoms with van der Waals surface area (Å²) in [5.41, 5.74) is 0. The van der Waals surface area contributed by atoms with E-state index in [0.717, 1.165) is 11.8 Å². The first-order chi connectivity index (χ1) is 6.36. The van der Waals surface area contributed by atoms with Crippen molar-refractivity contribution >= 4 is 11.6 Å². The van der Waals surface area contributed by atoms with E-state index in [1.807, 2.05) is 0 Å². The van der Waals surface area contributed by atoms with Crippen molar-refractivity contribution < 1.29 is 0 Å². The Morgan fingerprint density at radius 1 is 1.31 bits per heavy atom. The zero-order valence-corrected chi connectivity index (χ0v) is 9.52. The number of hydrogen-bond donors (Lipinski definition) is 0. The molecule has 1 rings (SSSR count). The highest BCUT2D eigenvalue weighted by Gasteiger charge is 2.19. The molecule has 0 amide bonds. The summed E-state index contributed by atoms with van der Waals surface area (Å²) in [6, 6.07) is 0. The van der Waals surface area contributed by atoms with E-state index in [4.69, 9.17) is 11.6 Å². The van der Waals surface area contributed by atoms with Gasteiger partial charge in [-0.15, -0.1) is 11.6 Å². The van der Waals surface area contributed by atoms with E-state index in [1.165, 1.54) is 51.7 Å². The minimum atomic E-state index is 0.831. The van der Waals surface area contributed by atoms with Crippen molar-refractivity contribution in [3.8, 4) is 0 Å². The molecule has 2 heteroatoms. The van der Waals surface area contributed by atoms with Crippen LogP contribution in [-0.2, 0) is 0 Å². The Labute approximate surface area is 87.4 Å². The molecule has 1 aliphatic rings. The van der Waals surface area contributed by atoms with Crippen LogP contribution in [0.3, 0.4) is 0 Å². The predicted molar refractivity (Wildman–Crippen MR) is 59.4 cm³/mol. The van der Waals surface area contributed by atoms with Gasteiger partial charge in [0.2, 0.25) is 0 Å². The Bertz CT molecular complexity index is 127. The van der Waals surface area contributed by atoms with Gasteiger partial charge in [-0.1, -0.05) is 19.8 Å². The summed E-state index contributed by atoms with van der Waals surface area (Å²) in [5.74, 6) is 1.81. The van der Waals surface area contributed by atoms with Gasteiger partial charge in [0.25, 0.3) is 0 Å². The maximum atomic E-state index is 5.63. The van der Waals surface area contributed by atoms with Crippen molar-refractivity contribution in [2.24, 2.45) is 5.92 Å². The molecule has 1 saturated heterocycles. The number of nitrogens with zero attached hydrogens (tertiary/aromatic N) is 1. The van der Waals surface area contributed by atoms with Crippen molar-refractivity contribution in [2.75, 3.05) is 25.5 Å². The van der Waals surface area contributed by atoms with Crippen LogP contribution in [0.25, 0.3) is 0 Å². The molecule has 0 aromatic rings. The van der Waals surface area contributed by atoms with Crippen LogP contribution in [0.1, 0.15) is 39.0 Å². The molecule has 0 N–H and O–H groups in total. The topological polar surface area (TPSA) is 3.24 Å². The Balaban J connectivity index is 1.97. The average molecular weight is 204 g/mol. The van der Waals surface area contributed by atoms with Gasteiger partial charge in [0, 0.05) is 12.4 Å². The third-order valence-corrected chi connectivity index (χ3v) is 3.32. The number of rotatable bonds is 6. The monoisotopic (exact) mass is 203 g/mol. The highest BCUT2D eigenvalue weighted by Crippen LogP contribution is 2.19. The van der Waals surface area contributed by atoms with Crippen LogP contribution < -0.4 is 0 Å². The molecule has 1 fully saturated rings. The van der Waals surface area contributed by atoms with Gasteiger partial charge in [0.15, 0.2) is 0 Å². The highest BCUT2D eigenvalue weighted by atomic mass is 35.5. The molecular formula is C11H22ClN. The molecular weight excluding hydrogens is 182 g/mol. The molecule has 1 heterocycles. The minimum Gasteiger partial charge on any atom is -0.303 e. The standard InChI is InChI=1S/C11H22ClN/c1-2-11-6-9-13(10-11)8-5-3-4-7-12/h11H,2-10H2,1H3. The van der Waals surface area contributed by atoms with Crippen molar-refractivity contribution in [2.45, 2.75) is 39.0 Å². The average Bonchev–Trinajstić information content (AvgIpc) is 2.60. The Morgan fingerprint density at radius 3 is 2.77 bits per heavy atom. The summed E-state index contributed by atoms with van der Waals surface area (Å²) in [7, 11) is 0. The fourth-order valence-electron chi connectivity index (χ4n) is 2.06. The van der Waals surface area contributed by atoms with Gasteiger partial charge in [-0.05, 0) is 38.3 Å². The Kier molecular flexibility index (Phi) is 5.81. The van der Waals surface area contributed by atoms with Crippen molar-refractivity contribution in [1.82, 2.24) is 4.90 Å². The molecule has 0 aliphatic carbocycles. The molecule has 0 aromatic heterocycles. The largest absolute Gasteiger partial charge is 0.303 e. The van der Waals surface area contributed by atoms with Crippen LogP contribution in [0, 0.1) is 5.92 Å². The third-order valence-electron chi connectivity index (χ3n) is 3.06. The lowest BCUT2D eigenvalue weighted by Crippen LogP contribution is -2.21. The Morgan fingerprint density at radius 2 is 2.15 bits per heavy atom. The van der Waals surface area contributed by atoms with Crippen LogP contribution in [0.15, 0.2) is 0 Å². The van der Waals surface area contributed by atoms with Crippen molar-refractivity contribution in [1.29, 1.82) is 0 Å². The van der Waals surface area contributed by atoms with E-state index in [2.05, 4.69) is 11.8 Å². The van der Waals surface area contributed by atoms with Crippen molar-refractivity contribution in [3.05, 3.63) is 0 Å². The molecule has 78 valence electrons. The van der Waals surface area contributed by atoms with Gasteiger partial charge in [-0.3, -0.25) is 0 Å². The molecule has 0 saturated carbocycles. The van der Waals surface area contributed by atoms with Crippen LogP contribution in [0.4, 0.5) is 0 Å².